The normalized spacial score (nSPS) is 12.5. The third kappa shape index (κ3) is 3.85. The zero-order valence-corrected chi connectivity index (χ0v) is 16.3. The van der Waals surface area contributed by atoms with Gasteiger partial charge in [-0.2, -0.15) is 0 Å². The zero-order valence-electron chi connectivity index (χ0n) is 14.6. The summed E-state index contributed by atoms with van der Waals surface area (Å²) in [4.78, 5) is 23.2. The number of thioether (sulfide) groups is 1. The number of benzene rings is 1. The van der Waals surface area contributed by atoms with Gasteiger partial charge in [-0.1, -0.05) is 42.1 Å². The summed E-state index contributed by atoms with van der Waals surface area (Å²) in [5.74, 6) is -0.222. The predicted octanol–water partition coefficient (Wildman–Crippen LogP) is 5.10. The Kier molecular flexibility index (Phi) is 5.39. The van der Waals surface area contributed by atoms with Gasteiger partial charge in [0.25, 0.3) is 0 Å². The van der Waals surface area contributed by atoms with Crippen LogP contribution >= 0.6 is 23.1 Å². The molecule has 1 aromatic carbocycles. The van der Waals surface area contributed by atoms with Crippen molar-refractivity contribution in [2.75, 3.05) is 0 Å². The summed E-state index contributed by atoms with van der Waals surface area (Å²) in [6.45, 7) is 7.66. The predicted molar refractivity (Wildman–Crippen MR) is 104 cm³/mol. The molecular weight excluding hydrogens is 352 g/mol. The molecule has 0 spiro atoms. The molecule has 1 atom stereocenters. The maximum Gasteiger partial charge on any atom is 0.319 e. The Balaban J connectivity index is 2.03. The first kappa shape index (κ1) is 17.9. The van der Waals surface area contributed by atoms with Crippen LogP contribution in [0.3, 0.4) is 0 Å². The zero-order chi connectivity index (χ0) is 18.0. The van der Waals surface area contributed by atoms with Crippen molar-refractivity contribution in [3.05, 3.63) is 41.5 Å². The van der Waals surface area contributed by atoms with Gasteiger partial charge in [-0.05, 0) is 33.3 Å². The highest BCUT2D eigenvalue weighted by molar-refractivity contribution is 8.00. The van der Waals surface area contributed by atoms with Crippen LogP contribution in [0.15, 0.2) is 41.7 Å². The molecule has 2 aromatic heterocycles. The van der Waals surface area contributed by atoms with Crippen LogP contribution in [0.25, 0.3) is 21.3 Å². The number of hydrogen-bond acceptors (Lipinski definition) is 6. The second-order valence-corrected chi connectivity index (χ2v) is 8.54. The van der Waals surface area contributed by atoms with E-state index in [0.717, 1.165) is 26.4 Å². The quantitative estimate of drug-likeness (QED) is 0.354. The van der Waals surface area contributed by atoms with Gasteiger partial charge in [-0.15, -0.1) is 11.3 Å². The van der Waals surface area contributed by atoms with E-state index in [9.17, 15) is 4.79 Å². The molecule has 1 unspecified atom stereocenters. The Hall–Kier alpha value is -1.92. The average Bonchev–Trinajstić information content (AvgIpc) is 2.92. The molecule has 130 valence electrons. The maximum atomic E-state index is 12.2. The van der Waals surface area contributed by atoms with Crippen LogP contribution in [-0.4, -0.2) is 27.3 Å². The van der Waals surface area contributed by atoms with Crippen molar-refractivity contribution in [2.45, 2.75) is 44.1 Å². The summed E-state index contributed by atoms with van der Waals surface area (Å²) in [7, 11) is 0. The lowest BCUT2D eigenvalue weighted by Gasteiger charge is -2.14. The van der Waals surface area contributed by atoms with Crippen LogP contribution < -0.4 is 0 Å². The first-order valence-corrected chi connectivity index (χ1v) is 9.83. The molecule has 0 amide bonds. The molecule has 3 aromatic rings. The van der Waals surface area contributed by atoms with Gasteiger partial charge >= 0.3 is 5.97 Å². The van der Waals surface area contributed by atoms with Gasteiger partial charge in [0.05, 0.1) is 11.5 Å². The summed E-state index contributed by atoms with van der Waals surface area (Å²) < 4.78 is 5.32. The minimum absolute atomic E-state index is 0.121. The second kappa shape index (κ2) is 7.54. The molecule has 25 heavy (non-hydrogen) atoms. The summed E-state index contributed by atoms with van der Waals surface area (Å²) in [5, 5.41) is 1.51. The first-order valence-electron chi connectivity index (χ1n) is 8.14. The third-order valence-electron chi connectivity index (χ3n) is 3.66. The number of aryl methyl sites for hydroxylation is 1. The molecule has 0 bridgehead atoms. The summed E-state index contributed by atoms with van der Waals surface area (Å²) in [6.07, 6.45) is 1.44. The van der Waals surface area contributed by atoms with Gasteiger partial charge in [-0.3, -0.25) is 4.79 Å². The highest BCUT2D eigenvalue weighted by atomic mass is 32.2. The van der Waals surface area contributed by atoms with E-state index in [-0.39, 0.29) is 17.3 Å². The standard InChI is InChI=1S/C19H20N2O2S2/c1-11(2)23-19(22)13(4)25-18-16-15(14-8-6-5-7-9-14)12(3)24-17(16)20-10-21-18/h5-11,13H,1-4H3. The van der Waals surface area contributed by atoms with E-state index >= 15 is 0 Å². The monoisotopic (exact) mass is 372 g/mol. The van der Waals surface area contributed by atoms with Crippen LogP contribution in [0.1, 0.15) is 25.6 Å². The molecule has 0 saturated carbocycles. The number of esters is 1. The van der Waals surface area contributed by atoms with Gasteiger partial charge in [0, 0.05) is 10.4 Å². The number of nitrogens with zero attached hydrogens (tertiary/aromatic N) is 2. The van der Waals surface area contributed by atoms with Crippen LogP contribution in [-0.2, 0) is 9.53 Å². The number of aromatic nitrogens is 2. The average molecular weight is 373 g/mol. The molecule has 3 rings (SSSR count). The number of ether oxygens (including phenoxy) is 1. The Morgan fingerprint density at radius 1 is 1.16 bits per heavy atom. The van der Waals surface area contributed by atoms with Crippen molar-refractivity contribution in [3.8, 4) is 11.1 Å². The smallest absolute Gasteiger partial charge is 0.319 e. The molecule has 0 aliphatic carbocycles. The van der Waals surface area contributed by atoms with E-state index < -0.39 is 0 Å². The fourth-order valence-corrected chi connectivity index (χ4v) is 4.59. The summed E-state index contributed by atoms with van der Waals surface area (Å²) >= 11 is 3.08. The largest absolute Gasteiger partial charge is 0.462 e. The van der Waals surface area contributed by atoms with Crippen LogP contribution in [0.2, 0.25) is 0 Å². The topological polar surface area (TPSA) is 52.1 Å². The number of hydrogen-bond donors (Lipinski definition) is 0. The number of carbonyl (C=O) groups is 1. The van der Waals surface area contributed by atoms with Crippen molar-refractivity contribution in [2.24, 2.45) is 0 Å². The van der Waals surface area contributed by atoms with Crippen LogP contribution in [0.4, 0.5) is 0 Å². The van der Waals surface area contributed by atoms with Gasteiger partial charge in [0.2, 0.25) is 0 Å². The Morgan fingerprint density at radius 2 is 1.88 bits per heavy atom. The summed E-state index contributed by atoms with van der Waals surface area (Å²) in [5.41, 5.74) is 2.29. The Morgan fingerprint density at radius 3 is 2.56 bits per heavy atom. The van der Waals surface area contributed by atoms with Gasteiger partial charge < -0.3 is 4.74 Å². The molecule has 0 fully saturated rings. The highest BCUT2D eigenvalue weighted by Crippen LogP contribution is 2.42. The lowest BCUT2D eigenvalue weighted by Crippen LogP contribution is -2.20. The number of carbonyl (C=O) groups excluding carboxylic acids is 1. The van der Waals surface area contributed by atoms with Crippen molar-refractivity contribution >= 4 is 39.3 Å². The van der Waals surface area contributed by atoms with Gasteiger partial charge in [0.1, 0.15) is 21.4 Å². The van der Waals surface area contributed by atoms with Crippen molar-refractivity contribution in [1.29, 1.82) is 0 Å². The molecule has 6 heteroatoms. The molecule has 4 nitrogen and oxygen atoms in total. The molecule has 0 aliphatic heterocycles. The fraction of sp³-hybridized carbons (Fsp3) is 0.316. The van der Waals surface area contributed by atoms with E-state index in [4.69, 9.17) is 4.74 Å². The van der Waals surface area contributed by atoms with Gasteiger partial charge in [0.15, 0.2) is 0 Å². The molecule has 2 heterocycles. The third-order valence-corrected chi connectivity index (χ3v) is 5.76. The number of fused-ring (bicyclic) bond motifs is 1. The summed E-state index contributed by atoms with van der Waals surface area (Å²) in [6, 6.07) is 10.2. The lowest BCUT2D eigenvalue weighted by atomic mass is 10.0. The van der Waals surface area contributed by atoms with E-state index in [0.29, 0.717) is 0 Å². The maximum absolute atomic E-state index is 12.2. The number of rotatable bonds is 5. The lowest BCUT2D eigenvalue weighted by molar-refractivity contribution is -0.146. The first-order chi connectivity index (χ1) is 12.0. The van der Waals surface area contributed by atoms with Crippen molar-refractivity contribution < 1.29 is 9.53 Å². The SMILES string of the molecule is Cc1sc2ncnc(SC(C)C(=O)OC(C)C)c2c1-c1ccccc1. The molecule has 0 saturated heterocycles. The Bertz CT molecular complexity index is 891. The van der Waals surface area contributed by atoms with Crippen LogP contribution in [0.5, 0.6) is 0 Å². The van der Waals surface area contributed by atoms with E-state index in [2.05, 4.69) is 29.0 Å². The van der Waals surface area contributed by atoms with E-state index in [1.165, 1.54) is 16.6 Å². The molecular formula is C19H20N2O2S2. The minimum Gasteiger partial charge on any atom is -0.462 e. The number of thiophene rings is 1. The van der Waals surface area contributed by atoms with Crippen molar-refractivity contribution in [3.63, 3.8) is 0 Å². The molecule has 0 N–H and O–H groups in total. The van der Waals surface area contributed by atoms with Gasteiger partial charge in [-0.25, -0.2) is 9.97 Å². The second-order valence-electron chi connectivity index (χ2n) is 6.00. The Labute approximate surface area is 155 Å². The van der Waals surface area contributed by atoms with Crippen molar-refractivity contribution in [1.82, 2.24) is 9.97 Å². The molecule has 0 radical (unpaired) electrons. The van der Waals surface area contributed by atoms with E-state index in [1.807, 2.05) is 39.0 Å². The molecule has 0 aliphatic rings. The minimum atomic E-state index is -0.329. The van der Waals surface area contributed by atoms with E-state index in [1.54, 1.807) is 17.7 Å². The highest BCUT2D eigenvalue weighted by Gasteiger charge is 2.22. The fourth-order valence-electron chi connectivity index (χ4n) is 2.60. The van der Waals surface area contributed by atoms with Crippen LogP contribution in [0, 0.1) is 6.92 Å².